The summed E-state index contributed by atoms with van der Waals surface area (Å²) >= 11 is 0. The van der Waals surface area contributed by atoms with E-state index in [9.17, 15) is 4.79 Å². The van der Waals surface area contributed by atoms with Crippen molar-refractivity contribution in [1.82, 2.24) is 20.6 Å². The molecule has 0 spiro atoms. The Bertz CT molecular complexity index is 897. The maximum Gasteiger partial charge on any atom is 0.223 e. The van der Waals surface area contributed by atoms with Gasteiger partial charge >= 0.3 is 0 Å². The van der Waals surface area contributed by atoms with E-state index in [2.05, 4.69) is 27.7 Å². The van der Waals surface area contributed by atoms with Gasteiger partial charge in [-0.2, -0.15) is 0 Å². The van der Waals surface area contributed by atoms with Crippen LogP contribution in [0.15, 0.2) is 30.3 Å². The average molecular weight is 478 g/mol. The molecule has 5 rings (SSSR count). The summed E-state index contributed by atoms with van der Waals surface area (Å²) in [5, 5.41) is 6.62. The van der Waals surface area contributed by atoms with Crippen LogP contribution in [-0.4, -0.2) is 48.1 Å². The van der Waals surface area contributed by atoms with Crippen LogP contribution in [0.1, 0.15) is 43.4 Å². The summed E-state index contributed by atoms with van der Waals surface area (Å²) in [6.07, 6.45) is 7.43. The number of fused-ring (bicyclic) bond motifs is 1. The summed E-state index contributed by atoms with van der Waals surface area (Å²) in [7, 11) is 0. The van der Waals surface area contributed by atoms with Gasteiger partial charge in [-0.15, -0.1) is 24.8 Å². The highest BCUT2D eigenvalue weighted by molar-refractivity contribution is 5.85. The van der Waals surface area contributed by atoms with E-state index in [0.29, 0.717) is 6.04 Å². The first-order valence-corrected chi connectivity index (χ1v) is 11.5. The molecule has 0 radical (unpaired) electrons. The molecular weight excluding hydrogens is 445 g/mol. The Morgan fingerprint density at radius 2 is 1.81 bits per heavy atom. The molecule has 0 bridgehead atoms. The number of hydrogen-bond acceptors (Lipinski definition) is 5. The first-order valence-electron chi connectivity index (χ1n) is 11.5. The third-order valence-electron chi connectivity index (χ3n) is 6.79. The van der Waals surface area contributed by atoms with Crippen molar-refractivity contribution in [3.05, 3.63) is 41.6 Å². The second-order valence-electron chi connectivity index (χ2n) is 8.82. The van der Waals surface area contributed by atoms with E-state index in [-0.39, 0.29) is 36.6 Å². The smallest absolute Gasteiger partial charge is 0.223 e. The topological polar surface area (TPSA) is 70.2 Å². The quantitative estimate of drug-likeness (QED) is 0.688. The molecule has 1 aromatic heterocycles. The molecule has 0 saturated carbocycles. The van der Waals surface area contributed by atoms with Crippen LogP contribution in [0.5, 0.6) is 0 Å². The lowest BCUT2D eigenvalue weighted by Gasteiger charge is -2.33. The van der Waals surface area contributed by atoms with Gasteiger partial charge in [0.15, 0.2) is 5.82 Å². The van der Waals surface area contributed by atoms with Crippen LogP contribution < -0.4 is 15.5 Å². The van der Waals surface area contributed by atoms with Gasteiger partial charge < -0.3 is 15.5 Å². The first kappa shape index (κ1) is 24.7. The number of piperidine rings is 1. The summed E-state index contributed by atoms with van der Waals surface area (Å²) in [6, 6.07) is 10.7. The number of aryl methyl sites for hydroxylation is 1. The molecule has 2 aliphatic heterocycles. The van der Waals surface area contributed by atoms with E-state index < -0.39 is 0 Å². The third kappa shape index (κ3) is 5.36. The van der Waals surface area contributed by atoms with Crippen molar-refractivity contribution < 1.29 is 4.79 Å². The number of hydrogen-bond donors (Lipinski definition) is 2. The number of halogens is 2. The van der Waals surface area contributed by atoms with Gasteiger partial charge in [0.2, 0.25) is 5.91 Å². The van der Waals surface area contributed by atoms with Gasteiger partial charge in [0, 0.05) is 48.4 Å². The molecule has 32 heavy (non-hydrogen) atoms. The molecule has 3 heterocycles. The Hall–Kier alpha value is -1.89. The van der Waals surface area contributed by atoms with Gasteiger partial charge in [0.25, 0.3) is 0 Å². The van der Waals surface area contributed by atoms with Crippen LogP contribution in [0, 0.1) is 5.92 Å². The van der Waals surface area contributed by atoms with Gasteiger partial charge in [-0.1, -0.05) is 30.3 Å². The predicted molar refractivity (Wildman–Crippen MR) is 133 cm³/mol. The van der Waals surface area contributed by atoms with Crippen molar-refractivity contribution in [3.8, 4) is 11.4 Å². The number of anilines is 1. The number of amides is 1. The maximum atomic E-state index is 12.6. The Kier molecular flexibility index (Phi) is 8.74. The van der Waals surface area contributed by atoms with Crippen LogP contribution in [0.4, 0.5) is 5.82 Å². The lowest BCUT2D eigenvalue weighted by atomic mass is 9.95. The van der Waals surface area contributed by atoms with E-state index in [1.54, 1.807) is 0 Å². The molecule has 3 aliphatic rings. The fourth-order valence-electron chi connectivity index (χ4n) is 5.04. The zero-order valence-electron chi connectivity index (χ0n) is 18.4. The minimum Gasteiger partial charge on any atom is -0.356 e. The lowest BCUT2D eigenvalue weighted by molar-refractivity contribution is -0.125. The molecule has 1 atom stereocenters. The number of aromatic nitrogens is 2. The van der Waals surface area contributed by atoms with Gasteiger partial charge in [-0.05, 0) is 51.5 Å². The van der Waals surface area contributed by atoms with E-state index in [0.717, 1.165) is 75.5 Å². The van der Waals surface area contributed by atoms with Crippen LogP contribution in [0.2, 0.25) is 0 Å². The Morgan fingerprint density at radius 1 is 1.03 bits per heavy atom. The van der Waals surface area contributed by atoms with E-state index >= 15 is 0 Å². The molecule has 0 unspecified atom stereocenters. The lowest BCUT2D eigenvalue weighted by Crippen LogP contribution is -2.44. The summed E-state index contributed by atoms with van der Waals surface area (Å²) in [6.45, 7) is 3.61. The highest BCUT2D eigenvalue weighted by atomic mass is 35.5. The van der Waals surface area contributed by atoms with Crippen LogP contribution in [-0.2, 0) is 17.6 Å². The minimum absolute atomic E-state index is 0. The monoisotopic (exact) mass is 477 g/mol. The predicted octanol–water partition coefficient (Wildman–Crippen LogP) is 3.56. The van der Waals surface area contributed by atoms with Crippen LogP contribution in [0.25, 0.3) is 11.4 Å². The SMILES string of the molecule is Cl.Cl.O=C(NC[C@@H]1CCCN1)C1CCN(c2nc(-c3ccccc3)nc3c2CCC3)CC1. The van der Waals surface area contributed by atoms with E-state index in [4.69, 9.17) is 9.97 Å². The highest BCUT2D eigenvalue weighted by Crippen LogP contribution is 2.33. The van der Waals surface area contributed by atoms with Crippen molar-refractivity contribution in [2.24, 2.45) is 5.92 Å². The number of benzene rings is 1. The van der Waals surface area contributed by atoms with Crippen molar-refractivity contribution >= 4 is 36.5 Å². The van der Waals surface area contributed by atoms with Crippen molar-refractivity contribution in [2.75, 3.05) is 31.1 Å². The summed E-state index contributed by atoms with van der Waals surface area (Å²) in [5.41, 5.74) is 3.61. The summed E-state index contributed by atoms with van der Waals surface area (Å²) in [4.78, 5) is 24.9. The van der Waals surface area contributed by atoms with Gasteiger partial charge in [-0.3, -0.25) is 4.79 Å². The number of nitrogens with one attached hydrogen (secondary N) is 2. The second-order valence-corrected chi connectivity index (χ2v) is 8.82. The largest absolute Gasteiger partial charge is 0.356 e. The summed E-state index contributed by atoms with van der Waals surface area (Å²) < 4.78 is 0. The molecule has 2 saturated heterocycles. The summed E-state index contributed by atoms with van der Waals surface area (Å²) in [5.74, 6) is 2.27. The molecule has 174 valence electrons. The molecule has 2 fully saturated rings. The highest BCUT2D eigenvalue weighted by Gasteiger charge is 2.29. The minimum atomic E-state index is 0. The van der Waals surface area contributed by atoms with Gasteiger partial charge in [0.05, 0.1) is 0 Å². The van der Waals surface area contributed by atoms with Crippen LogP contribution >= 0.6 is 24.8 Å². The van der Waals surface area contributed by atoms with Crippen molar-refractivity contribution in [1.29, 1.82) is 0 Å². The molecule has 8 heteroatoms. The zero-order chi connectivity index (χ0) is 20.3. The van der Waals surface area contributed by atoms with Gasteiger partial charge in [0.1, 0.15) is 5.82 Å². The fourth-order valence-corrected chi connectivity index (χ4v) is 5.04. The molecule has 2 aromatic rings. The standard InChI is InChI=1S/C24H31N5O.2ClH/c30-24(26-16-19-8-5-13-25-19)18-11-14-29(15-12-18)23-20-9-4-10-21(20)27-22(28-23)17-6-2-1-3-7-17;;/h1-3,6-7,18-19,25H,4-5,8-16H2,(H,26,30);2*1H/t19-;;/m0../s1. The van der Waals surface area contributed by atoms with Crippen molar-refractivity contribution in [2.45, 2.75) is 51.0 Å². The van der Waals surface area contributed by atoms with E-state index in [1.165, 1.54) is 24.1 Å². The molecular formula is C24H33Cl2N5O. The van der Waals surface area contributed by atoms with E-state index in [1.807, 2.05) is 18.2 Å². The fraction of sp³-hybridized carbons (Fsp3) is 0.542. The molecule has 6 nitrogen and oxygen atoms in total. The Balaban J connectivity index is 0.00000144. The second kappa shape index (κ2) is 11.3. The number of rotatable bonds is 5. The molecule has 1 aliphatic carbocycles. The molecule has 1 aromatic carbocycles. The number of carbonyl (C=O) groups excluding carboxylic acids is 1. The molecule has 1 amide bonds. The number of nitrogens with zero attached hydrogens (tertiary/aromatic N) is 3. The Morgan fingerprint density at radius 3 is 2.53 bits per heavy atom. The third-order valence-corrected chi connectivity index (χ3v) is 6.79. The van der Waals surface area contributed by atoms with Gasteiger partial charge in [-0.25, -0.2) is 9.97 Å². The Labute approximate surface area is 202 Å². The zero-order valence-corrected chi connectivity index (χ0v) is 20.0. The molecule has 2 N–H and O–H groups in total. The van der Waals surface area contributed by atoms with Crippen molar-refractivity contribution in [3.63, 3.8) is 0 Å². The first-order chi connectivity index (χ1) is 14.8. The maximum absolute atomic E-state index is 12.6. The number of carbonyl (C=O) groups is 1. The normalized spacial score (nSPS) is 20.2. The average Bonchev–Trinajstić information content (AvgIpc) is 3.49. The van der Waals surface area contributed by atoms with Crippen LogP contribution in [0.3, 0.4) is 0 Å².